The quantitative estimate of drug-likeness (QED) is 0.680. The van der Waals surface area contributed by atoms with E-state index in [1.165, 1.54) is 11.8 Å². The SMILES string of the molecule is CSc1nc(C2CC2)cc(C(=O)NCC(c2ccc(C)o2)N2CCOCC2)c1C#N. The number of furan rings is 1. The number of hydrogen-bond donors (Lipinski definition) is 1. The largest absolute Gasteiger partial charge is 0.465 e. The maximum Gasteiger partial charge on any atom is 0.252 e. The van der Waals surface area contributed by atoms with Gasteiger partial charge in [0.15, 0.2) is 0 Å². The van der Waals surface area contributed by atoms with Gasteiger partial charge in [-0.25, -0.2) is 4.98 Å². The molecule has 1 amide bonds. The second kappa shape index (κ2) is 9.21. The van der Waals surface area contributed by atoms with E-state index in [-0.39, 0.29) is 11.9 Å². The Morgan fingerprint density at radius 2 is 2.17 bits per heavy atom. The van der Waals surface area contributed by atoms with E-state index in [4.69, 9.17) is 9.15 Å². The molecule has 2 fully saturated rings. The van der Waals surface area contributed by atoms with Crippen LogP contribution >= 0.6 is 11.8 Å². The summed E-state index contributed by atoms with van der Waals surface area (Å²) in [6, 6.07) is 7.80. The number of ether oxygens (including phenoxy) is 1. The molecular weight excluding hydrogens is 400 g/mol. The van der Waals surface area contributed by atoms with Crippen LogP contribution in [0.25, 0.3) is 0 Å². The van der Waals surface area contributed by atoms with Crippen LogP contribution in [-0.4, -0.2) is 54.9 Å². The fourth-order valence-corrected chi connectivity index (χ4v) is 4.34. The van der Waals surface area contributed by atoms with E-state index in [0.29, 0.717) is 41.8 Å². The van der Waals surface area contributed by atoms with Crippen molar-refractivity contribution in [3.8, 4) is 6.07 Å². The number of morpholine rings is 1. The van der Waals surface area contributed by atoms with Crippen LogP contribution in [0.15, 0.2) is 27.6 Å². The summed E-state index contributed by atoms with van der Waals surface area (Å²) in [7, 11) is 0. The van der Waals surface area contributed by atoms with Crippen molar-refractivity contribution in [1.29, 1.82) is 5.26 Å². The van der Waals surface area contributed by atoms with E-state index in [9.17, 15) is 10.1 Å². The van der Waals surface area contributed by atoms with Crippen LogP contribution in [0.5, 0.6) is 0 Å². The predicted octanol–water partition coefficient (Wildman–Crippen LogP) is 3.26. The highest BCUT2D eigenvalue weighted by atomic mass is 32.2. The summed E-state index contributed by atoms with van der Waals surface area (Å²) in [5.74, 6) is 1.83. The maximum atomic E-state index is 13.1. The van der Waals surface area contributed by atoms with Gasteiger partial charge in [0.25, 0.3) is 5.91 Å². The minimum absolute atomic E-state index is 0.0816. The van der Waals surface area contributed by atoms with Gasteiger partial charge in [0, 0.05) is 31.2 Å². The number of rotatable bonds is 7. The number of aryl methyl sites for hydroxylation is 1. The zero-order valence-corrected chi connectivity index (χ0v) is 18.1. The van der Waals surface area contributed by atoms with Gasteiger partial charge in [-0.2, -0.15) is 5.26 Å². The van der Waals surface area contributed by atoms with Crippen LogP contribution in [0, 0.1) is 18.3 Å². The Kier molecular flexibility index (Phi) is 6.42. The third-order valence-electron chi connectivity index (χ3n) is 5.58. The van der Waals surface area contributed by atoms with E-state index >= 15 is 0 Å². The van der Waals surface area contributed by atoms with Crippen molar-refractivity contribution in [2.45, 2.75) is 36.8 Å². The number of pyridine rings is 1. The smallest absolute Gasteiger partial charge is 0.252 e. The number of carbonyl (C=O) groups is 1. The zero-order valence-electron chi connectivity index (χ0n) is 17.3. The van der Waals surface area contributed by atoms with Crippen molar-refractivity contribution in [3.05, 3.63) is 46.5 Å². The minimum Gasteiger partial charge on any atom is -0.465 e. The van der Waals surface area contributed by atoms with Gasteiger partial charge in [0.05, 0.1) is 30.4 Å². The number of nitrogens with one attached hydrogen (secondary N) is 1. The van der Waals surface area contributed by atoms with Gasteiger partial charge in [-0.1, -0.05) is 0 Å². The standard InChI is InChI=1S/C22H26N4O3S/c1-14-3-6-20(29-14)19(26-7-9-28-10-8-26)13-24-21(27)16-11-18(15-4-5-15)25-22(30-2)17(16)12-23/h3,6,11,15,19H,4-5,7-10,13H2,1-2H3,(H,24,27). The highest BCUT2D eigenvalue weighted by Crippen LogP contribution is 2.40. The highest BCUT2D eigenvalue weighted by molar-refractivity contribution is 7.98. The lowest BCUT2D eigenvalue weighted by Gasteiger charge is -2.33. The normalized spacial score (nSPS) is 18.0. The van der Waals surface area contributed by atoms with Crippen LogP contribution < -0.4 is 5.32 Å². The molecule has 2 aromatic heterocycles. The summed E-state index contributed by atoms with van der Waals surface area (Å²) in [6.07, 6.45) is 4.06. The number of nitrogens with zero attached hydrogens (tertiary/aromatic N) is 3. The monoisotopic (exact) mass is 426 g/mol. The minimum atomic E-state index is -0.243. The van der Waals surface area contributed by atoms with Crippen LogP contribution in [-0.2, 0) is 4.74 Å². The first-order valence-corrected chi connectivity index (χ1v) is 11.5. The lowest BCUT2D eigenvalue weighted by Crippen LogP contribution is -2.43. The summed E-state index contributed by atoms with van der Waals surface area (Å²) < 4.78 is 11.4. The number of carbonyl (C=O) groups excluding carboxylic acids is 1. The summed E-state index contributed by atoms with van der Waals surface area (Å²) in [5.41, 5.74) is 1.67. The number of amides is 1. The van der Waals surface area contributed by atoms with Crippen LogP contribution in [0.1, 0.15) is 57.9 Å². The van der Waals surface area contributed by atoms with Crippen molar-refractivity contribution >= 4 is 17.7 Å². The van der Waals surface area contributed by atoms with Gasteiger partial charge in [0.2, 0.25) is 0 Å². The Morgan fingerprint density at radius 3 is 2.77 bits per heavy atom. The first-order chi connectivity index (χ1) is 14.6. The van der Waals surface area contributed by atoms with Crippen LogP contribution in [0.3, 0.4) is 0 Å². The van der Waals surface area contributed by atoms with Gasteiger partial charge in [-0.15, -0.1) is 11.8 Å². The molecule has 4 rings (SSSR count). The Balaban J connectivity index is 1.56. The van der Waals surface area contributed by atoms with Gasteiger partial charge in [0.1, 0.15) is 22.6 Å². The molecule has 0 aromatic carbocycles. The summed E-state index contributed by atoms with van der Waals surface area (Å²) in [6.45, 7) is 5.19. The van der Waals surface area contributed by atoms with Crippen molar-refractivity contribution < 1.29 is 13.9 Å². The van der Waals surface area contributed by atoms with Crippen molar-refractivity contribution in [3.63, 3.8) is 0 Å². The van der Waals surface area contributed by atoms with E-state index < -0.39 is 0 Å². The van der Waals surface area contributed by atoms with Gasteiger partial charge >= 0.3 is 0 Å². The molecule has 1 aliphatic heterocycles. The molecule has 1 aliphatic carbocycles. The molecule has 0 bridgehead atoms. The molecule has 2 aromatic rings. The van der Waals surface area contributed by atoms with E-state index in [1.54, 1.807) is 6.07 Å². The Hall–Kier alpha value is -2.34. The Labute approximate surface area is 180 Å². The topological polar surface area (TPSA) is 91.4 Å². The second-order valence-corrected chi connectivity index (χ2v) is 8.48. The third-order valence-corrected chi connectivity index (χ3v) is 6.27. The first kappa shape index (κ1) is 20.9. The van der Waals surface area contributed by atoms with Crippen molar-refractivity contribution in [2.75, 3.05) is 39.1 Å². The van der Waals surface area contributed by atoms with Crippen LogP contribution in [0.4, 0.5) is 0 Å². The molecule has 7 nitrogen and oxygen atoms in total. The van der Waals surface area contributed by atoms with Crippen molar-refractivity contribution in [2.24, 2.45) is 0 Å². The average Bonchev–Trinajstić information content (AvgIpc) is 3.54. The molecule has 1 N–H and O–H groups in total. The predicted molar refractivity (Wildman–Crippen MR) is 114 cm³/mol. The van der Waals surface area contributed by atoms with Crippen molar-refractivity contribution in [1.82, 2.24) is 15.2 Å². The third kappa shape index (κ3) is 4.53. The molecule has 0 radical (unpaired) electrons. The number of hydrogen-bond acceptors (Lipinski definition) is 7. The maximum absolute atomic E-state index is 13.1. The van der Waals surface area contributed by atoms with Gasteiger partial charge in [-0.05, 0) is 44.2 Å². The number of thioether (sulfide) groups is 1. The Bertz CT molecular complexity index is 958. The van der Waals surface area contributed by atoms with E-state index in [0.717, 1.165) is 43.1 Å². The highest BCUT2D eigenvalue weighted by Gasteiger charge is 2.30. The summed E-state index contributed by atoms with van der Waals surface area (Å²) in [5, 5.41) is 13.3. The molecule has 1 saturated carbocycles. The first-order valence-electron chi connectivity index (χ1n) is 10.3. The van der Waals surface area contributed by atoms with Crippen LogP contribution in [0.2, 0.25) is 0 Å². The molecule has 1 saturated heterocycles. The second-order valence-electron chi connectivity index (χ2n) is 7.69. The molecule has 3 heterocycles. The molecular formula is C22H26N4O3S. The lowest BCUT2D eigenvalue weighted by molar-refractivity contribution is 0.0117. The molecule has 158 valence electrons. The number of aromatic nitrogens is 1. The fourth-order valence-electron chi connectivity index (χ4n) is 3.78. The Morgan fingerprint density at radius 1 is 1.40 bits per heavy atom. The van der Waals surface area contributed by atoms with Gasteiger partial charge < -0.3 is 14.5 Å². The number of nitriles is 1. The molecule has 1 unspecified atom stereocenters. The lowest BCUT2D eigenvalue weighted by atomic mass is 10.1. The van der Waals surface area contributed by atoms with E-state index in [2.05, 4.69) is 21.3 Å². The molecule has 1 atom stereocenters. The molecule has 2 aliphatic rings. The molecule has 8 heteroatoms. The zero-order chi connectivity index (χ0) is 21.1. The fraction of sp³-hybridized carbons (Fsp3) is 0.500. The molecule has 0 spiro atoms. The van der Waals surface area contributed by atoms with E-state index in [1.807, 2.05) is 25.3 Å². The van der Waals surface area contributed by atoms with Gasteiger partial charge in [-0.3, -0.25) is 9.69 Å². The molecule has 30 heavy (non-hydrogen) atoms. The summed E-state index contributed by atoms with van der Waals surface area (Å²) >= 11 is 1.41. The summed E-state index contributed by atoms with van der Waals surface area (Å²) in [4.78, 5) is 20.0. The average molecular weight is 427 g/mol.